The van der Waals surface area contributed by atoms with Crippen molar-refractivity contribution in [3.8, 4) is 6.07 Å². The first kappa shape index (κ1) is 13.1. The Morgan fingerprint density at radius 2 is 2.00 bits per heavy atom. The lowest BCUT2D eigenvalue weighted by molar-refractivity contribution is -0.130. The molecule has 1 aromatic carbocycles. The van der Waals surface area contributed by atoms with Gasteiger partial charge in [-0.1, -0.05) is 6.07 Å². The molecule has 17 heavy (non-hydrogen) atoms. The van der Waals surface area contributed by atoms with Crippen molar-refractivity contribution in [2.75, 3.05) is 7.05 Å². The number of carbonyl (C=O) groups is 1. The summed E-state index contributed by atoms with van der Waals surface area (Å²) < 4.78 is 26.6. The molecule has 0 fully saturated rings. The zero-order valence-electron chi connectivity index (χ0n) is 9.58. The van der Waals surface area contributed by atoms with E-state index in [2.05, 4.69) is 0 Å². The first-order valence-electron chi connectivity index (χ1n) is 5.05. The monoisotopic (exact) mass is 238 g/mol. The summed E-state index contributed by atoms with van der Waals surface area (Å²) in [6, 6.07) is 4.68. The highest BCUT2D eigenvalue weighted by Gasteiger charge is 2.19. The van der Waals surface area contributed by atoms with E-state index in [4.69, 9.17) is 5.26 Å². The van der Waals surface area contributed by atoms with Crippen LogP contribution in [0.2, 0.25) is 0 Å². The van der Waals surface area contributed by atoms with Gasteiger partial charge in [0, 0.05) is 12.6 Å². The average Bonchev–Trinajstić information content (AvgIpc) is 2.31. The van der Waals surface area contributed by atoms with Gasteiger partial charge in [0.1, 0.15) is 17.7 Å². The van der Waals surface area contributed by atoms with Crippen LogP contribution in [0.15, 0.2) is 18.2 Å². The van der Waals surface area contributed by atoms with Crippen LogP contribution in [0.1, 0.15) is 12.5 Å². The molecule has 0 radical (unpaired) electrons. The fourth-order valence-electron chi connectivity index (χ4n) is 1.28. The molecule has 1 unspecified atom stereocenters. The van der Waals surface area contributed by atoms with Crippen molar-refractivity contribution in [2.24, 2.45) is 0 Å². The molecule has 1 atom stereocenters. The highest BCUT2D eigenvalue weighted by molar-refractivity contribution is 5.79. The number of halogens is 2. The zero-order valence-corrected chi connectivity index (χ0v) is 9.58. The molecule has 0 bridgehead atoms. The Balaban J connectivity index is 2.86. The van der Waals surface area contributed by atoms with Crippen molar-refractivity contribution in [1.82, 2.24) is 4.90 Å². The first-order valence-corrected chi connectivity index (χ1v) is 5.05. The van der Waals surface area contributed by atoms with Crippen molar-refractivity contribution in [3.63, 3.8) is 0 Å². The third-order valence-electron chi connectivity index (χ3n) is 2.55. The molecule has 0 N–H and O–H groups in total. The Hall–Kier alpha value is -1.96. The number of carbonyl (C=O) groups excluding carboxylic acids is 1. The summed E-state index contributed by atoms with van der Waals surface area (Å²) in [6.07, 6.45) is -0.388. The first-order chi connectivity index (χ1) is 7.97. The molecule has 90 valence electrons. The second-order valence-corrected chi connectivity index (χ2v) is 3.69. The van der Waals surface area contributed by atoms with Gasteiger partial charge in [0.05, 0.1) is 12.5 Å². The lowest BCUT2D eigenvalue weighted by Crippen LogP contribution is -2.35. The summed E-state index contributed by atoms with van der Waals surface area (Å²) >= 11 is 0. The van der Waals surface area contributed by atoms with Crippen LogP contribution in [0.4, 0.5) is 8.78 Å². The van der Waals surface area contributed by atoms with E-state index in [9.17, 15) is 13.6 Å². The van der Waals surface area contributed by atoms with E-state index in [0.717, 1.165) is 17.0 Å². The summed E-state index contributed by atoms with van der Waals surface area (Å²) in [6.45, 7) is 1.54. The van der Waals surface area contributed by atoms with E-state index in [-0.39, 0.29) is 12.0 Å². The Labute approximate surface area is 98.3 Å². The average molecular weight is 238 g/mol. The van der Waals surface area contributed by atoms with Crippen LogP contribution in [-0.4, -0.2) is 23.9 Å². The molecular formula is C12H12F2N2O. The molecule has 0 saturated carbocycles. The number of nitrogens with zero attached hydrogens (tertiary/aromatic N) is 2. The van der Waals surface area contributed by atoms with E-state index in [1.807, 2.05) is 6.07 Å². The number of hydrogen-bond acceptors (Lipinski definition) is 2. The van der Waals surface area contributed by atoms with Crippen LogP contribution in [0.5, 0.6) is 0 Å². The highest BCUT2D eigenvalue weighted by Crippen LogP contribution is 2.14. The summed E-state index contributed by atoms with van der Waals surface area (Å²) in [4.78, 5) is 12.8. The molecule has 0 aliphatic carbocycles. The summed E-state index contributed by atoms with van der Waals surface area (Å²) in [5.41, 5.74) is -0.269. The fraction of sp³-hybridized carbons (Fsp3) is 0.333. The van der Waals surface area contributed by atoms with Crippen LogP contribution in [0.3, 0.4) is 0 Å². The van der Waals surface area contributed by atoms with Gasteiger partial charge in [-0.3, -0.25) is 4.79 Å². The van der Waals surface area contributed by atoms with E-state index in [1.165, 1.54) is 20.0 Å². The predicted octanol–water partition coefficient (Wildman–Crippen LogP) is 1.88. The SMILES string of the molecule is CC(C#N)N(C)C(=O)Cc1c(F)cccc1F. The van der Waals surface area contributed by atoms with Crippen LogP contribution in [0, 0.1) is 23.0 Å². The van der Waals surface area contributed by atoms with Gasteiger partial charge in [0.25, 0.3) is 0 Å². The van der Waals surface area contributed by atoms with Crippen molar-refractivity contribution >= 4 is 5.91 Å². The largest absolute Gasteiger partial charge is 0.330 e. The molecule has 1 rings (SSSR count). The minimum absolute atomic E-state index is 0.269. The molecule has 0 aliphatic rings. The quantitative estimate of drug-likeness (QED) is 0.807. The van der Waals surface area contributed by atoms with Gasteiger partial charge in [0.15, 0.2) is 0 Å². The van der Waals surface area contributed by atoms with Gasteiger partial charge >= 0.3 is 0 Å². The van der Waals surface area contributed by atoms with Crippen molar-refractivity contribution in [2.45, 2.75) is 19.4 Å². The Morgan fingerprint density at radius 3 is 2.47 bits per heavy atom. The van der Waals surface area contributed by atoms with Crippen molar-refractivity contribution in [3.05, 3.63) is 35.4 Å². The molecule has 1 amide bonds. The minimum atomic E-state index is -0.753. The lowest BCUT2D eigenvalue weighted by Gasteiger charge is -2.19. The number of rotatable bonds is 3. The Morgan fingerprint density at radius 1 is 1.47 bits per heavy atom. The summed E-state index contributed by atoms with van der Waals surface area (Å²) in [7, 11) is 1.43. The number of likely N-dealkylation sites (N-methyl/N-ethyl adjacent to an activating group) is 1. The maximum Gasteiger partial charge on any atom is 0.228 e. The predicted molar refractivity (Wildman–Crippen MR) is 57.9 cm³/mol. The second-order valence-electron chi connectivity index (χ2n) is 3.69. The topological polar surface area (TPSA) is 44.1 Å². The maximum atomic E-state index is 13.3. The smallest absolute Gasteiger partial charge is 0.228 e. The van der Waals surface area contributed by atoms with E-state index < -0.39 is 23.6 Å². The van der Waals surface area contributed by atoms with Gasteiger partial charge in [-0.15, -0.1) is 0 Å². The molecule has 0 aliphatic heterocycles. The standard InChI is InChI=1S/C12H12F2N2O/c1-8(7-15)16(2)12(17)6-9-10(13)4-3-5-11(9)14/h3-5,8H,6H2,1-2H3. The number of amides is 1. The molecule has 0 saturated heterocycles. The molecule has 3 nitrogen and oxygen atoms in total. The Kier molecular flexibility index (Phi) is 4.16. The fourth-order valence-corrected chi connectivity index (χ4v) is 1.28. The van der Waals surface area contributed by atoms with Gasteiger partial charge in [0.2, 0.25) is 5.91 Å². The zero-order chi connectivity index (χ0) is 13.0. The van der Waals surface area contributed by atoms with Gasteiger partial charge < -0.3 is 4.90 Å². The van der Waals surface area contributed by atoms with Crippen molar-refractivity contribution in [1.29, 1.82) is 5.26 Å². The van der Waals surface area contributed by atoms with Gasteiger partial charge in [-0.05, 0) is 19.1 Å². The molecule has 0 heterocycles. The third kappa shape index (κ3) is 3.00. The highest BCUT2D eigenvalue weighted by atomic mass is 19.1. The summed E-state index contributed by atoms with van der Waals surface area (Å²) in [5.74, 6) is -2.00. The maximum absolute atomic E-state index is 13.3. The van der Waals surface area contributed by atoms with E-state index >= 15 is 0 Å². The number of nitriles is 1. The Bertz CT molecular complexity index is 448. The minimum Gasteiger partial charge on any atom is -0.330 e. The molecule has 1 aromatic rings. The molecule has 0 spiro atoms. The lowest BCUT2D eigenvalue weighted by atomic mass is 10.1. The van der Waals surface area contributed by atoms with E-state index in [1.54, 1.807) is 0 Å². The number of hydrogen-bond donors (Lipinski definition) is 0. The van der Waals surface area contributed by atoms with Gasteiger partial charge in [-0.2, -0.15) is 5.26 Å². The van der Waals surface area contributed by atoms with Crippen LogP contribution in [-0.2, 0) is 11.2 Å². The van der Waals surface area contributed by atoms with E-state index in [0.29, 0.717) is 0 Å². The van der Waals surface area contributed by atoms with Crippen LogP contribution in [0.25, 0.3) is 0 Å². The van der Waals surface area contributed by atoms with Gasteiger partial charge in [-0.25, -0.2) is 8.78 Å². The second kappa shape index (κ2) is 5.39. The van der Waals surface area contributed by atoms with Crippen LogP contribution < -0.4 is 0 Å². The molecule has 5 heteroatoms. The third-order valence-corrected chi connectivity index (χ3v) is 2.55. The molecule has 0 aromatic heterocycles. The van der Waals surface area contributed by atoms with Crippen molar-refractivity contribution < 1.29 is 13.6 Å². The molecular weight excluding hydrogens is 226 g/mol. The summed E-state index contributed by atoms with van der Waals surface area (Å²) in [5, 5.41) is 8.64. The number of benzene rings is 1. The van der Waals surface area contributed by atoms with Crippen LogP contribution >= 0.6 is 0 Å². The normalized spacial score (nSPS) is 11.7.